The fourth-order valence-electron chi connectivity index (χ4n) is 2.05. The third-order valence-electron chi connectivity index (χ3n) is 3.12. The van der Waals surface area contributed by atoms with Crippen molar-refractivity contribution in [2.24, 2.45) is 4.99 Å². The number of rotatable bonds is 5. The van der Waals surface area contributed by atoms with E-state index in [9.17, 15) is 0 Å². The number of aryl methyl sites for hydroxylation is 2. The van der Waals surface area contributed by atoms with Crippen LogP contribution in [0.1, 0.15) is 18.1 Å². The lowest BCUT2D eigenvalue weighted by atomic mass is 10.1. The highest BCUT2D eigenvalue weighted by atomic mass is 35.5. The van der Waals surface area contributed by atoms with Crippen molar-refractivity contribution in [2.45, 2.75) is 20.8 Å². The summed E-state index contributed by atoms with van der Waals surface area (Å²) < 4.78 is 6.24. The number of aromatic nitrogens is 1. The summed E-state index contributed by atoms with van der Waals surface area (Å²) in [5.74, 6) is 0.743. The summed E-state index contributed by atoms with van der Waals surface area (Å²) in [5, 5.41) is 0.705. The van der Waals surface area contributed by atoms with Crippen LogP contribution < -0.4 is 9.64 Å². The van der Waals surface area contributed by atoms with E-state index >= 15 is 0 Å². The molecule has 0 spiro atoms. The molecular formula is C15H17Cl2N3OS. The summed E-state index contributed by atoms with van der Waals surface area (Å²) >= 11 is 13.0. The zero-order chi connectivity index (χ0) is 16.3. The van der Waals surface area contributed by atoms with Crippen molar-refractivity contribution in [3.63, 3.8) is 0 Å². The summed E-state index contributed by atoms with van der Waals surface area (Å²) in [7, 11) is 1.76. The van der Waals surface area contributed by atoms with E-state index in [0.29, 0.717) is 9.53 Å². The average Bonchev–Trinajstić information content (AvgIpc) is 2.78. The molecular weight excluding hydrogens is 341 g/mol. The van der Waals surface area contributed by atoms with Gasteiger partial charge in [-0.3, -0.25) is 4.99 Å². The van der Waals surface area contributed by atoms with Crippen LogP contribution in [0.3, 0.4) is 0 Å². The third-order valence-corrected chi connectivity index (χ3v) is 4.74. The van der Waals surface area contributed by atoms with E-state index < -0.39 is 0 Å². The fourth-order valence-corrected chi connectivity index (χ4v) is 3.09. The minimum absolute atomic E-state index is 0.268. The van der Waals surface area contributed by atoms with Gasteiger partial charge in [-0.05, 0) is 44.0 Å². The average molecular weight is 358 g/mol. The molecule has 0 saturated carbocycles. The van der Waals surface area contributed by atoms with Crippen molar-refractivity contribution >= 4 is 46.6 Å². The number of halogens is 2. The predicted molar refractivity (Wildman–Crippen MR) is 95.6 cm³/mol. The first kappa shape index (κ1) is 17.1. The molecule has 1 aromatic heterocycles. The molecule has 1 aromatic carbocycles. The predicted octanol–water partition coefficient (Wildman–Crippen LogP) is 5.34. The van der Waals surface area contributed by atoms with Crippen LogP contribution in [-0.2, 0) is 0 Å². The SMILES string of the molecule is CCN(C=NC)c1cc(C)c(Oc2nc(Cl)c(Cl)s2)cc1C. The maximum atomic E-state index is 5.91. The summed E-state index contributed by atoms with van der Waals surface area (Å²) in [6.45, 7) is 6.96. The van der Waals surface area contributed by atoms with E-state index in [4.69, 9.17) is 27.9 Å². The number of ether oxygens (including phenoxy) is 1. The van der Waals surface area contributed by atoms with Crippen LogP contribution in [0.4, 0.5) is 5.69 Å². The van der Waals surface area contributed by atoms with Gasteiger partial charge >= 0.3 is 0 Å². The van der Waals surface area contributed by atoms with Crippen molar-refractivity contribution in [1.82, 2.24) is 4.98 Å². The van der Waals surface area contributed by atoms with Gasteiger partial charge in [0.1, 0.15) is 10.1 Å². The number of nitrogens with zero attached hydrogens (tertiary/aromatic N) is 3. The maximum absolute atomic E-state index is 5.91. The van der Waals surface area contributed by atoms with Crippen molar-refractivity contribution < 1.29 is 4.74 Å². The van der Waals surface area contributed by atoms with Gasteiger partial charge in [-0.2, -0.15) is 4.98 Å². The molecule has 0 unspecified atom stereocenters. The molecule has 0 atom stereocenters. The Morgan fingerprint density at radius 2 is 2.05 bits per heavy atom. The van der Waals surface area contributed by atoms with Gasteiger partial charge < -0.3 is 9.64 Å². The number of anilines is 1. The number of thiazole rings is 1. The molecule has 0 bridgehead atoms. The van der Waals surface area contributed by atoms with Crippen molar-refractivity contribution in [2.75, 3.05) is 18.5 Å². The van der Waals surface area contributed by atoms with Crippen molar-refractivity contribution in [1.29, 1.82) is 0 Å². The number of hydrogen-bond donors (Lipinski definition) is 0. The van der Waals surface area contributed by atoms with E-state index in [1.54, 1.807) is 7.05 Å². The van der Waals surface area contributed by atoms with Crippen LogP contribution in [0.25, 0.3) is 0 Å². The van der Waals surface area contributed by atoms with E-state index in [1.165, 1.54) is 11.3 Å². The van der Waals surface area contributed by atoms with Crippen LogP contribution in [0, 0.1) is 13.8 Å². The molecule has 1 heterocycles. The summed E-state index contributed by atoms with van der Waals surface area (Å²) in [4.78, 5) is 10.3. The lowest BCUT2D eigenvalue weighted by Gasteiger charge is -2.21. The van der Waals surface area contributed by atoms with E-state index in [2.05, 4.69) is 27.9 Å². The molecule has 0 N–H and O–H groups in total. The normalized spacial score (nSPS) is 11.2. The highest BCUT2D eigenvalue weighted by Gasteiger charge is 2.13. The van der Waals surface area contributed by atoms with Gasteiger partial charge in [0, 0.05) is 19.3 Å². The van der Waals surface area contributed by atoms with Gasteiger partial charge in [-0.25, -0.2) is 0 Å². The van der Waals surface area contributed by atoms with Gasteiger partial charge in [0.15, 0.2) is 5.15 Å². The smallest absolute Gasteiger partial charge is 0.281 e. The van der Waals surface area contributed by atoms with E-state index in [0.717, 1.165) is 29.1 Å². The summed E-state index contributed by atoms with van der Waals surface area (Å²) in [5.41, 5.74) is 3.20. The van der Waals surface area contributed by atoms with Gasteiger partial charge in [0.25, 0.3) is 5.19 Å². The minimum Gasteiger partial charge on any atom is -0.431 e. The molecule has 0 fully saturated rings. The molecule has 22 heavy (non-hydrogen) atoms. The molecule has 0 aliphatic heterocycles. The lowest BCUT2D eigenvalue weighted by molar-refractivity contribution is 0.475. The molecule has 2 aromatic rings. The van der Waals surface area contributed by atoms with Crippen LogP contribution in [0.15, 0.2) is 17.1 Å². The zero-order valence-corrected chi connectivity index (χ0v) is 15.2. The molecule has 0 amide bonds. The van der Waals surface area contributed by atoms with Gasteiger partial charge in [-0.1, -0.05) is 34.5 Å². The molecule has 0 aliphatic carbocycles. The topological polar surface area (TPSA) is 37.7 Å². The second-order valence-corrected chi connectivity index (χ2v) is 6.63. The molecule has 118 valence electrons. The molecule has 0 radical (unpaired) electrons. The second-order valence-electron chi connectivity index (χ2n) is 4.71. The zero-order valence-electron chi connectivity index (χ0n) is 12.9. The van der Waals surface area contributed by atoms with Crippen LogP contribution in [0.2, 0.25) is 9.49 Å². The molecule has 2 rings (SSSR count). The van der Waals surface area contributed by atoms with Crippen LogP contribution in [-0.4, -0.2) is 24.9 Å². The first-order valence-electron chi connectivity index (χ1n) is 6.76. The molecule has 4 nitrogen and oxygen atoms in total. The molecule has 0 aliphatic rings. The minimum atomic E-state index is 0.268. The lowest BCUT2D eigenvalue weighted by Crippen LogP contribution is -2.21. The fraction of sp³-hybridized carbons (Fsp3) is 0.333. The first-order chi connectivity index (χ1) is 10.5. The Labute approximate surface area is 144 Å². The van der Waals surface area contributed by atoms with E-state index in [-0.39, 0.29) is 5.15 Å². The van der Waals surface area contributed by atoms with Crippen molar-refractivity contribution in [3.8, 4) is 10.9 Å². The Morgan fingerprint density at radius 1 is 1.32 bits per heavy atom. The standard InChI is InChI=1S/C15H17Cl2N3OS/c1-5-20(8-18-4)11-6-10(3)12(7-9(11)2)21-15-19-13(16)14(17)22-15/h6-8H,5H2,1-4H3. The third kappa shape index (κ3) is 3.72. The van der Waals surface area contributed by atoms with Gasteiger partial charge in [0.2, 0.25) is 0 Å². The largest absolute Gasteiger partial charge is 0.431 e. The molecule has 0 saturated heterocycles. The Bertz CT molecular complexity index is 681. The maximum Gasteiger partial charge on any atom is 0.281 e. The Kier molecular flexibility index (Phi) is 5.67. The Morgan fingerprint density at radius 3 is 2.59 bits per heavy atom. The van der Waals surface area contributed by atoms with Crippen LogP contribution >= 0.6 is 34.5 Å². The second kappa shape index (κ2) is 7.31. The number of aliphatic imine (C=N–C) groups is 1. The van der Waals surface area contributed by atoms with Gasteiger partial charge in [0.05, 0.1) is 6.34 Å². The first-order valence-corrected chi connectivity index (χ1v) is 8.33. The Balaban J connectivity index is 2.33. The van der Waals surface area contributed by atoms with Crippen LogP contribution in [0.5, 0.6) is 10.9 Å². The monoisotopic (exact) mass is 357 g/mol. The molecule has 7 heteroatoms. The number of benzene rings is 1. The highest BCUT2D eigenvalue weighted by molar-refractivity contribution is 7.18. The Hall–Kier alpha value is -1.30. The highest BCUT2D eigenvalue weighted by Crippen LogP contribution is 2.37. The summed E-state index contributed by atoms with van der Waals surface area (Å²) in [6.07, 6.45) is 1.82. The van der Waals surface area contributed by atoms with E-state index in [1.807, 2.05) is 26.3 Å². The number of hydrogen-bond acceptors (Lipinski definition) is 4. The summed E-state index contributed by atoms with van der Waals surface area (Å²) in [6, 6.07) is 4.06. The van der Waals surface area contributed by atoms with Gasteiger partial charge in [-0.15, -0.1) is 0 Å². The quantitative estimate of drug-likeness (QED) is 0.535. The van der Waals surface area contributed by atoms with Crippen molar-refractivity contribution in [3.05, 3.63) is 32.7 Å².